The van der Waals surface area contributed by atoms with Gasteiger partial charge in [-0.3, -0.25) is 4.99 Å². The third-order valence-corrected chi connectivity index (χ3v) is 3.89. The highest BCUT2D eigenvalue weighted by Gasteiger charge is 2.25. The zero-order valence-corrected chi connectivity index (χ0v) is 10.2. The summed E-state index contributed by atoms with van der Waals surface area (Å²) in [5.41, 5.74) is 2.44. The largest absolute Gasteiger partial charge is 0.258 e. The molecule has 1 aliphatic heterocycles. The summed E-state index contributed by atoms with van der Waals surface area (Å²) in [6.45, 7) is 4.61. The van der Waals surface area contributed by atoms with Gasteiger partial charge in [0.2, 0.25) is 0 Å². The minimum Gasteiger partial charge on any atom is -0.258 e. The van der Waals surface area contributed by atoms with Crippen molar-refractivity contribution < 1.29 is 0 Å². The highest BCUT2D eigenvalue weighted by atomic mass is 32.2. The Morgan fingerprint density at radius 2 is 1.93 bits per heavy atom. The summed E-state index contributed by atoms with van der Waals surface area (Å²) in [6.07, 6.45) is 2.26. The van der Waals surface area contributed by atoms with Crippen molar-refractivity contribution >= 4 is 23.2 Å². The third-order valence-electron chi connectivity index (χ3n) is 2.56. The summed E-state index contributed by atoms with van der Waals surface area (Å²) < 4.78 is 0.367. The first-order valence-electron chi connectivity index (χ1n) is 5.41. The number of nitrogens with zero attached hydrogens (tertiary/aromatic N) is 1. The van der Waals surface area contributed by atoms with Crippen LogP contribution in [0.15, 0.2) is 35.3 Å². The summed E-state index contributed by atoms with van der Waals surface area (Å²) in [7, 11) is 0. The van der Waals surface area contributed by atoms with E-state index in [4.69, 9.17) is 4.99 Å². The maximum Gasteiger partial charge on any atom is 0.0629 e. The van der Waals surface area contributed by atoms with E-state index in [1.165, 1.54) is 11.5 Å². The molecule has 1 aliphatic rings. The van der Waals surface area contributed by atoms with Crippen LogP contribution in [0.3, 0.4) is 0 Å². The van der Waals surface area contributed by atoms with Gasteiger partial charge in [0.05, 0.1) is 5.69 Å². The quantitative estimate of drug-likeness (QED) is 0.693. The van der Waals surface area contributed by atoms with Crippen LogP contribution in [-0.2, 0) is 0 Å². The van der Waals surface area contributed by atoms with E-state index < -0.39 is 0 Å². The fourth-order valence-corrected chi connectivity index (χ4v) is 3.02. The Labute approximate surface area is 96.0 Å². The summed E-state index contributed by atoms with van der Waals surface area (Å²) in [4.78, 5) is 4.72. The van der Waals surface area contributed by atoms with Gasteiger partial charge in [-0.05, 0) is 30.7 Å². The molecule has 1 aromatic carbocycles. The predicted molar refractivity (Wildman–Crippen MR) is 69.3 cm³/mol. The molecule has 0 N–H and O–H groups in total. The van der Waals surface area contributed by atoms with E-state index in [1.54, 1.807) is 0 Å². The van der Waals surface area contributed by atoms with Crippen molar-refractivity contribution in [2.24, 2.45) is 4.99 Å². The molecule has 15 heavy (non-hydrogen) atoms. The number of aliphatic imine (C=N–C) groups is 1. The Hall–Kier alpha value is -0.760. The van der Waals surface area contributed by atoms with Gasteiger partial charge in [-0.1, -0.05) is 32.0 Å². The van der Waals surface area contributed by atoms with Crippen LogP contribution < -0.4 is 0 Å². The maximum atomic E-state index is 4.72. The summed E-state index contributed by atoms with van der Waals surface area (Å²) in [6, 6.07) is 10.3. The lowest BCUT2D eigenvalue weighted by Gasteiger charge is -2.29. The molecule has 0 saturated carbocycles. The second-order valence-electron chi connectivity index (χ2n) is 4.55. The van der Waals surface area contributed by atoms with E-state index in [0.29, 0.717) is 4.75 Å². The molecule has 1 heterocycles. The van der Waals surface area contributed by atoms with Crippen molar-refractivity contribution in [2.45, 2.75) is 31.4 Å². The fourth-order valence-electron chi connectivity index (χ4n) is 1.86. The first kappa shape index (κ1) is 10.7. The molecule has 0 unspecified atom stereocenters. The molecule has 0 aromatic heterocycles. The molecular formula is C13H17NS. The highest BCUT2D eigenvalue weighted by molar-refractivity contribution is 8.00. The van der Waals surface area contributed by atoms with Crippen LogP contribution in [-0.4, -0.2) is 16.2 Å². The topological polar surface area (TPSA) is 12.4 Å². The van der Waals surface area contributed by atoms with Gasteiger partial charge in [-0.2, -0.15) is 11.8 Å². The third kappa shape index (κ3) is 3.10. The Morgan fingerprint density at radius 3 is 2.60 bits per heavy atom. The van der Waals surface area contributed by atoms with Gasteiger partial charge >= 0.3 is 0 Å². The van der Waals surface area contributed by atoms with Crippen molar-refractivity contribution in [3.63, 3.8) is 0 Å². The Morgan fingerprint density at radius 1 is 1.20 bits per heavy atom. The lowest BCUT2D eigenvalue weighted by Crippen LogP contribution is -2.26. The van der Waals surface area contributed by atoms with Crippen LogP contribution in [0.25, 0.3) is 0 Å². The molecular weight excluding hydrogens is 202 g/mol. The number of hydrogen-bond acceptors (Lipinski definition) is 2. The second-order valence-corrected chi connectivity index (χ2v) is 6.35. The van der Waals surface area contributed by atoms with Crippen molar-refractivity contribution in [2.75, 3.05) is 5.75 Å². The summed E-state index contributed by atoms with van der Waals surface area (Å²) in [5.74, 6) is 1.21. The molecule has 1 nitrogen and oxygen atoms in total. The molecule has 1 fully saturated rings. The molecule has 1 saturated heterocycles. The average molecular weight is 219 g/mol. The van der Waals surface area contributed by atoms with Crippen LogP contribution >= 0.6 is 11.8 Å². The molecule has 2 heteroatoms. The number of rotatable bonds is 1. The molecule has 0 amide bonds. The van der Waals surface area contributed by atoms with E-state index in [0.717, 1.165) is 18.5 Å². The maximum absolute atomic E-state index is 4.72. The van der Waals surface area contributed by atoms with Crippen LogP contribution in [0.2, 0.25) is 0 Å². The zero-order chi connectivity index (χ0) is 10.7. The first-order chi connectivity index (χ1) is 7.16. The van der Waals surface area contributed by atoms with Gasteiger partial charge < -0.3 is 0 Å². The monoisotopic (exact) mass is 219 g/mol. The Bertz CT molecular complexity index is 354. The summed E-state index contributed by atoms with van der Waals surface area (Å²) >= 11 is 2.05. The normalized spacial score (nSPS) is 22.9. The minimum atomic E-state index is 0.367. The predicted octanol–water partition coefficient (Wildman–Crippen LogP) is 4.06. The van der Waals surface area contributed by atoms with Crippen LogP contribution in [0.4, 0.5) is 5.69 Å². The van der Waals surface area contributed by atoms with Crippen molar-refractivity contribution in [1.29, 1.82) is 0 Å². The van der Waals surface area contributed by atoms with Crippen molar-refractivity contribution in [3.05, 3.63) is 30.3 Å². The molecule has 0 aliphatic carbocycles. The number of benzene rings is 1. The molecule has 80 valence electrons. The van der Waals surface area contributed by atoms with Gasteiger partial charge in [-0.15, -0.1) is 0 Å². The SMILES string of the molecule is CC1(C)CC(=Nc2ccccc2)CCS1. The van der Waals surface area contributed by atoms with E-state index in [9.17, 15) is 0 Å². The minimum absolute atomic E-state index is 0.367. The van der Waals surface area contributed by atoms with Gasteiger partial charge in [0.25, 0.3) is 0 Å². The zero-order valence-electron chi connectivity index (χ0n) is 9.36. The van der Waals surface area contributed by atoms with E-state index in [-0.39, 0.29) is 0 Å². The van der Waals surface area contributed by atoms with Crippen molar-refractivity contribution in [1.82, 2.24) is 0 Å². The fraction of sp³-hybridized carbons (Fsp3) is 0.462. The van der Waals surface area contributed by atoms with Gasteiger partial charge in [0.15, 0.2) is 0 Å². The van der Waals surface area contributed by atoms with E-state index in [1.807, 2.05) is 18.2 Å². The molecule has 0 spiro atoms. The van der Waals surface area contributed by atoms with Crippen LogP contribution in [0.1, 0.15) is 26.7 Å². The lowest BCUT2D eigenvalue weighted by atomic mass is 10.0. The molecule has 1 aromatic rings. The average Bonchev–Trinajstić information content (AvgIpc) is 2.17. The summed E-state index contributed by atoms with van der Waals surface area (Å²) in [5, 5.41) is 0. The van der Waals surface area contributed by atoms with Crippen LogP contribution in [0, 0.1) is 0 Å². The van der Waals surface area contributed by atoms with Gasteiger partial charge in [0, 0.05) is 10.5 Å². The Balaban J connectivity index is 2.14. The van der Waals surface area contributed by atoms with Gasteiger partial charge in [0.1, 0.15) is 0 Å². The number of thioether (sulfide) groups is 1. The molecule has 2 rings (SSSR count). The van der Waals surface area contributed by atoms with E-state index in [2.05, 4.69) is 37.7 Å². The first-order valence-corrected chi connectivity index (χ1v) is 6.40. The van der Waals surface area contributed by atoms with Crippen LogP contribution in [0.5, 0.6) is 0 Å². The highest BCUT2D eigenvalue weighted by Crippen LogP contribution is 2.34. The number of hydrogen-bond donors (Lipinski definition) is 0. The van der Waals surface area contributed by atoms with E-state index >= 15 is 0 Å². The smallest absolute Gasteiger partial charge is 0.0629 e. The number of para-hydroxylation sites is 1. The van der Waals surface area contributed by atoms with Crippen molar-refractivity contribution in [3.8, 4) is 0 Å². The standard InChI is InChI=1S/C13H17NS/c1-13(2)10-12(8-9-15-13)14-11-6-4-3-5-7-11/h3-7H,8-10H2,1-2H3. The molecule has 0 radical (unpaired) electrons. The molecule has 0 atom stereocenters. The lowest BCUT2D eigenvalue weighted by molar-refractivity contribution is 0.728. The molecule has 0 bridgehead atoms. The van der Waals surface area contributed by atoms with Gasteiger partial charge in [-0.25, -0.2) is 0 Å². The Kier molecular flexibility index (Phi) is 3.15. The second kappa shape index (κ2) is 4.40.